The summed E-state index contributed by atoms with van der Waals surface area (Å²) < 4.78 is 5.24. The molecule has 1 aromatic carbocycles. The minimum atomic E-state index is 0.950. The average Bonchev–Trinajstić information content (AvgIpc) is 2.65. The standard InChI is InChI=1S/C10H10N2O/c1-2-8-6-12-13-10(8)9-3-4-11-5-7(1)9/h1-2,6,11H,3-5H2. The second kappa shape index (κ2) is 2.57. The summed E-state index contributed by atoms with van der Waals surface area (Å²) in [6.45, 7) is 1.98. The second-order valence-electron chi connectivity index (χ2n) is 3.37. The molecule has 0 radical (unpaired) electrons. The van der Waals surface area contributed by atoms with Crippen LogP contribution in [0.1, 0.15) is 11.1 Å². The van der Waals surface area contributed by atoms with Gasteiger partial charge in [-0.15, -0.1) is 0 Å². The van der Waals surface area contributed by atoms with E-state index >= 15 is 0 Å². The lowest BCUT2D eigenvalue weighted by molar-refractivity contribution is 0.451. The van der Waals surface area contributed by atoms with E-state index in [4.69, 9.17) is 4.52 Å². The largest absolute Gasteiger partial charge is 0.356 e. The Labute approximate surface area is 75.7 Å². The number of aromatic nitrogens is 1. The Balaban J connectivity index is 2.34. The van der Waals surface area contributed by atoms with Crippen molar-refractivity contribution in [3.05, 3.63) is 29.5 Å². The molecule has 3 rings (SSSR count). The summed E-state index contributed by atoms with van der Waals surface area (Å²) in [6.07, 6.45) is 2.82. The lowest BCUT2D eigenvalue weighted by atomic mass is 9.99. The summed E-state index contributed by atoms with van der Waals surface area (Å²) in [5, 5.41) is 8.26. The molecule has 0 spiro atoms. The molecular weight excluding hydrogens is 164 g/mol. The van der Waals surface area contributed by atoms with E-state index in [-0.39, 0.29) is 0 Å². The zero-order chi connectivity index (χ0) is 8.67. The zero-order valence-electron chi connectivity index (χ0n) is 7.21. The van der Waals surface area contributed by atoms with Crippen LogP contribution in [0.3, 0.4) is 0 Å². The smallest absolute Gasteiger partial charge is 0.170 e. The molecule has 3 nitrogen and oxygen atoms in total. The van der Waals surface area contributed by atoms with Crippen LogP contribution in [0.25, 0.3) is 11.0 Å². The summed E-state index contributed by atoms with van der Waals surface area (Å²) >= 11 is 0. The third kappa shape index (κ3) is 0.971. The number of nitrogens with one attached hydrogen (secondary N) is 1. The van der Waals surface area contributed by atoms with Crippen molar-refractivity contribution < 1.29 is 4.52 Å². The van der Waals surface area contributed by atoms with Crippen molar-refractivity contribution in [2.24, 2.45) is 0 Å². The van der Waals surface area contributed by atoms with E-state index in [2.05, 4.69) is 22.6 Å². The number of hydrogen-bond acceptors (Lipinski definition) is 3. The predicted molar refractivity (Wildman–Crippen MR) is 49.4 cm³/mol. The fraction of sp³-hybridized carbons (Fsp3) is 0.300. The van der Waals surface area contributed by atoms with Crippen molar-refractivity contribution in [3.8, 4) is 0 Å². The lowest BCUT2D eigenvalue weighted by Gasteiger charge is -2.15. The minimum Gasteiger partial charge on any atom is -0.356 e. The molecule has 0 atom stereocenters. The van der Waals surface area contributed by atoms with Gasteiger partial charge in [0.25, 0.3) is 0 Å². The SMILES string of the molecule is c1cc2cnoc2c2c1CNCC2. The molecule has 2 aromatic rings. The first-order valence-corrected chi connectivity index (χ1v) is 4.51. The maximum atomic E-state index is 5.24. The van der Waals surface area contributed by atoms with Gasteiger partial charge in [-0.05, 0) is 24.6 Å². The molecule has 0 saturated heterocycles. The Morgan fingerprint density at radius 1 is 1.38 bits per heavy atom. The predicted octanol–water partition coefficient (Wildman–Crippen LogP) is 1.47. The number of rotatable bonds is 0. The molecule has 0 bridgehead atoms. The summed E-state index contributed by atoms with van der Waals surface area (Å²) in [5.41, 5.74) is 3.64. The van der Waals surface area contributed by atoms with E-state index in [1.807, 2.05) is 0 Å². The van der Waals surface area contributed by atoms with Gasteiger partial charge >= 0.3 is 0 Å². The number of fused-ring (bicyclic) bond motifs is 3. The van der Waals surface area contributed by atoms with Crippen LogP contribution in [0.4, 0.5) is 0 Å². The van der Waals surface area contributed by atoms with E-state index in [9.17, 15) is 0 Å². The Bertz CT molecular complexity index is 447. The Hall–Kier alpha value is -1.35. The van der Waals surface area contributed by atoms with Crippen LogP contribution in [0.5, 0.6) is 0 Å². The molecule has 3 heteroatoms. The van der Waals surface area contributed by atoms with Gasteiger partial charge in [-0.25, -0.2) is 0 Å². The highest BCUT2D eigenvalue weighted by atomic mass is 16.5. The number of hydrogen-bond donors (Lipinski definition) is 1. The van der Waals surface area contributed by atoms with Crippen LogP contribution in [-0.4, -0.2) is 11.7 Å². The van der Waals surface area contributed by atoms with E-state index in [0.717, 1.165) is 30.5 Å². The van der Waals surface area contributed by atoms with Crippen molar-refractivity contribution in [1.29, 1.82) is 0 Å². The van der Waals surface area contributed by atoms with Crippen LogP contribution in [0.15, 0.2) is 22.9 Å². The van der Waals surface area contributed by atoms with Crippen LogP contribution >= 0.6 is 0 Å². The molecular formula is C10H10N2O. The quantitative estimate of drug-likeness (QED) is 0.657. The maximum Gasteiger partial charge on any atom is 0.170 e. The third-order valence-corrected chi connectivity index (χ3v) is 2.59. The molecule has 1 aliphatic heterocycles. The first-order valence-electron chi connectivity index (χ1n) is 4.51. The van der Waals surface area contributed by atoms with Gasteiger partial charge in [0.1, 0.15) is 0 Å². The lowest BCUT2D eigenvalue weighted by Crippen LogP contribution is -2.23. The van der Waals surface area contributed by atoms with Crippen molar-refractivity contribution in [2.75, 3.05) is 6.54 Å². The van der Waals surface area contributed by atoms with E-state index < -0.39 is 0 Å². The van der Waals surface area contributed by atoms with Crippen molar-refractivity contribution in [3.63, 3.8) is 0 Å². The fourth-order valence-corrected chi connectivity index (χ4v) is 1.91. The van der Waals surface area contributed by atoms with Crippen molar-refractivity contribution >= 4 is 11.0 Å². The highest BCUT2D eigenvalue weighted by molar-refractivity contribution is 5.80. The van der Waals surface area contributed by atoms with Crippen LogP contribution < -0.4 is 5.32 Å². The van der Waals surface area contributed by atoms with Crippen molar-refractivity contribution in [1.82, 2.24) is 10.5 Å². The fourth-order valence-electron chi connectivity index (χ4n) is 1.91. The van der Waals surface area contributed by atoms with Crippen LogP contribution in [-0.2, 0) is 13.0 Å². The van der Waals surface area contributed by atoms with E-state index in [1.54, 1.807) is 6.20 Å². The highest BCUT2D eigenvalue weighted by Crippen LogP contribution is 2.24. The number of benzene rings is 1. The van der Waals surface area contributed by atoms with E-state index in [0.29, 0.717) is 0 Å². The minimum absolute atomic E-state index is 0.950. The Morgan fingerprint density at radius 3 is 3.38 bits per heavy atom. The van der Waals surface area contributed by atoms with Gasteiger partial charge in [0.2, 0.25) is 0 Å². The normalized spacial score (nSPS) is 16.0. The first kappa shape index (κ1) is 7.09. The molecule has 2 heterocycles. The summed E-state index contributed by atoms with van der Waals surface area (Å²) in [5.74, 6) is 0. The molecule has 0 aliphatic carbocycles. The highest BCUT2D eigenvalue weighted by Gasteiger charge is 2.13. The molecule has 1 aliphatic rings. The molecule has 13 heavy (non-hydrogen) atoms. The summed E-state index contributed by atoms with van der Waals surface area (Å²) in [7, 11) is 0. The molecule has 0 saturated carbocycles. The van der Waals surface area contributed by atoms with Gasteiger partial charge in [0.15, 0.2) is 5.58 Å². The monoisotopic (exact) mass is 174 g/mol. The maximum absolute atomic E-state index is 5.24. The van der Waals surface area contributed by atoms with Crippen LogP contribution in [0.2, 0.25) is 0 Å². The molecule has 1 aromatic heterocycles. The third-order valence-electron chi connectivity index (χ3n) is 2.59. The van der Waals surface area contributed by atoms with Crippen LogP contribution in [0, 0.1) is 0 Å². The van der Waals surface area contributed by atoms with Crippen molar-refractivity contribution in [2.45, 2.75) is 13.0 Å². The Kier molecular flexibility index (Phi) is 1.40. The first-order chi connectivity index (χ1) is 6.45. The summed E-state index contributed by atoms with van der Waals surface area (Å²) in [6, 6.07) is 4.22. The van der Waals surface area contributed by atoms with E-state index in [1.165, 1.54) is 11.1 Å². The van der Waals surface area contributed by atoms with Gasteiger partial charge in [-0.1, -0.05) is 11.2 Å². The molecule has 0 fully saturated rings. The van der Waals surface area contributed by atoms with Gasteiger partial charge in [0, 0.05) is 17.5 Å². The van der Waals surface area contributed by atoms with Gasteiger partial charge in [0.05, 0.1) is 6.20 Å². The molecule has 0 unspecified atom stereocenters. The summed E-state index contributed by atoms with van der Waals surface area (Å²) in [4.78, 5) is 0. The number of nitrogens with zero attached hydrogens (tertiary/aromatic N) is 1. The molecule has 66 valence electrons. The second-order valence-corrected chi connectivity index (χ2v) is 3.37. The zero-order valence-corrected chi connectivity index (χ0v) is 7.21. The molecule has 0 amide bonds. The average molecular weight is 174 g/mol. The topological polar surface area (TPSA) is 38.1 Å². The van der Waals surface area contributed by atoms with Gasteiger partial charge in [-0.3, -0.25) is 0 Å². The molecule has 1 N–H and O–H groups in total. The van der Waals surface area contributed by atoms with Gasteiger partial charge in [-0.2, -0.15) is 0 Å². The van der Waals surface area contributed by atoms with Gasteiger partial charge < -0.3 is 9.84 Å². The Morgan fingerprint density at radius 2 is 2.38 bits per heavy atom.